The van der Waals surface area contributed by atoms with Gasteiger partial charge in [-0.1, -0.05) is 0 Å². The molecule has 122 valence electrons. The summed E-state index contributed by atoms with van der Waals surface area (Å²) in [5, 5.41) is 3.06. The summed E-state index contributed by atoms with van der Waals surface area (Å²) >= 11 is 0. The Morgan fingerprint density at radius 3 is 2.67 bits per heavy atom. The molecule has 24 heavy (non-hydrogen) atoms. The van der Waals surface area contributed by atoms with Crippen molar-refractivity contribution in [3.8, 4) is 0 Å². The van der Waals surface area contributed by atoms with Crippen molar-refractivity contribution in [1.29, 1.82) is 0 Å². The van der Waals surface area contributed by atoms with Gasteiger partial charge < -0.3 is 14.9 Å². The largest absolute Gasteiger partial charge is 0.326 e. The smallest absolute Gasteiger partial charge is 0.261 e. The zero-order valence-corrected chi connectivity index (χ0v) is 13.5. The summed E-state index contributed by atoms with van der Waals surface area (Å²) in [7, 11) is 1.61. The Hall–Kier alpha value is -3.22. The number of aryl methyl sites for hydroxylation is 3. The summed E-state index contributed by atoms with van der Waals surface area (Å²) in [5.41, 5.74) is 1.66. The minimum absolute atomic E-state index is 0.0554. The highest BCUT2D eigenvalue weighted by atomic mass is 16.2. The zero-order valence-electron chi connectivity index (χ0n) is 13.5. The summed E-state index contributed by atoms with van der Waals surface area (Å²) in [5.74, 6) is -0.520. The standard InChI is InChI=1S/C17H16N4O3/c1-9-6-10(2)19-15(22)14(9)16(23)20-11-4-5-13-12(7-11)17(24)21(3)8-18-13/h4-8H,1-3H3,(H,19,22)(H,20,23). The van der Waals surface area contributed by atoms with E-state index in [4.69, 9.17) is 0 Å². The Kier molecular flexibility index (Phi) is 3.76. The number of amides is 1. The molecule has 7 heteroatoms. The normalized spacial score (nSPS) is 10.8. The molecule has 0 saturated carbocycles. The van der Waals surface area contributed by atoms with Gasteiger partial charge in [-0.3, -0.25) is 14.4 Å². The number of nitrogens with zero attached hydrogens (tertiary/aromatic N) is 2. The molecule has 0 radical (unpaired) electrons. The predicted molar refractivity (Wildman–Crippen MR) is 91.5 cm³/mol. The maximum Gasteiger partial charge on any atom is 0.261 e. The number of hydrogen-bond acceptors (Lipinski definition) is 4. The number of rotatable bonds is 2. The number of aromatic nitrogens is 3. The van der Waals surface area contributed by atoms with Crippen molar-refractivity contribution in [2.45, 2.75) is 13.8 Å². The summed E-state index contributed by atoms with van der Waals surface area (Å²) in [6.45, 7) is 3.46. The fourth-order valence-electron chi connectivity index (χ4n) is 2.62. The molecule has 0 atom stereocenters. The molecule has 0 unspecified atom stereocenters. The van der Waals surface area contributed by atoms with E-state index in [-0.39, 0.29) is 11.1 Å². The van der Waals surface area contributed by atoms with E-state index in [1.54, 1.807) is 45.2 Å². The van der Waals surface area contributed by atoms with Crippen LogP contribution in [-0.4, -0.2) is 20.4 Å². The second-order valence-electron chi connectivity index (χ2n) is 5.69. The highest BCUT2D eigenvalue weighted by Crippen LogP contribution is 2.15. The number of carbonyl (C=O) groups is 1. The third-order valence-corrected chi connectivity index (χ3v) is 3.77. The van der Waals surface area contributed by atoms with E-state index < -0.39 is 11.5 Å². The number of benzene rings is 1. The van der Waals surface area contributed by atoms with Crippen LogP contribution >= 0.6 is 0 Å². The Morgan fingerprint density at radius 2 is 1.96 bits per heavy atom. The monoisotopic (exact) mass is 324 g/mol. The molecule has 0 aliphatic rings. The van der Waals surface area contributed by atoms with E-state index in [2.05, 4.69) is 15.3 Å². The van der Waals surface area contributed by atoms with Crippen molar-refractivity contribution in [2.24, 2.45) is 7.05 Å². The molecule has 0 bridgehead atoms. The zero-order chi connectivity index (χ0) is 17.4. The van der Waals surface area contributed by atoms with Crippen LogP contribution in [0.15, 0.2) is 40.2 Å². The van der Waals surface area contributed by atoms with Crippen LogP contribution < -0.4 is 16.4 Å². The van der Waals surface area contributed by atoms with Gasteiger partial charge in [0.15, 0.2) is 0 Å². The van der Waals surface area contributed by atoms with Crippen molar-refractivity contribution in [3.63, 3.8) is 0 Å². The fourth-order valence-corrected chi connectivity index (χ4v) is 2.62. The SMILES string of the molecule is Cc1cc(C)c(C(=O)Nc2ccc3ncn(C)c(=O)c3c2)c(=O)[nH]1. The van der Waals surface area contributed by atoms with Gasteiger partial charge in [-0.05, 0) is 43.7 Å². The van der Waals surface area contributed by atoms with E-state index >= 15 is 0 Å². The van der Waals surface area contributed by atoms with Crippen LogP contribution in [0.25, 0.3) is 10.9 Å². The highest BCUT2D eigenvalue weighted by Gasteiger charge is 2.15. The molecule has 1 aromatic carbocycles. The highest BCUT2D eigenvalue weighted by molar-refractivity contribution is 6.05. The molecule has 1 amide bonds. The van der Waals surface area contributed by atoms with Crippen LogP contribution in [0.1, 0.15) is 21.6 Å². The molecule has 2 N–H and O–H groups in total. The Labute approximate surface area is 137 Å². The van der Waals surface area contributed by atoms with Crippen molar-refractivity contribution in [2.75, 3.05) is 5.32 Å². The van der Waals surface area contributed by atoms with Crippen LogP contribution in [0.2, 0.25) is 0 Å². The summed E-state index contributed by atoms with van der Waals surface area (Å²) < 4.78 is 1.36. The second-order valence-corrected chi connectivity index (χ2v) is 5.69. The molecular weight excluding hydrogens is 308 g/mol. The van der Waals surface area contributed by atoms with Gasteiger partial charge in [-0.2, -0.15) is 0 Å². The summed E-state index contributed by atoms with van der Waals surface area (Å²) in [4.78, 5) is 43.4. The first-order valence-corrected chi connectivity index (χ1v) is 7.34. The maximum atomic E-state index is 12.4. The van der Waals surface area contributed by atoms with Gasteiger partial charge in [-0.15, -0.1) is 0 Å². The second kappa shape index (κ2) is 5.77. The number of fused-ring (bicyclic) bond motifs is 1. The van der Waals surface area contributed by atoms with Crippen molar-refractivity contribution >= 4 is 22.5 Å². The van der Waals surface area contributed by atoms with Crippen molar-refractivity contribution < 1.29 is 4.79 Å². The van der Waals surface area contributed by atoms with Crippen LogP contribution in [0.4, 0.5) is 5.69 Å². The molecule has 0 fully saturated rings. The third-order valence-electron chi connectivity index (χ3n) is 3.77. The molecule has 2 heterocycles. The van der Waals surface area contributed by atoms with Crippen LogP contribution in [0.5, 0.6) is 0 Å². The van der Waals surface area contributed by atoms with E-state index in [1.807, 2.05) is 0 Å². The molecular formula is C17H16N4O3. The Morgan fingerprint density at radius 1 is 1.21 bits per heavy atom. The van der Waals surface area contributed by atoms with Gasteiger partial charge in [0.25, 0.3) is 17.0 Å². The molecule has 7 nitrogen and oxygen atoms in total. The average Bonchev–Trinajstić information content (AvgIpc) is 2.50. The van der Waals surface area contributed by atoms with Crippen LogP contribution in [0.3, 0.4) is 0 Å². The van der Waals surface area contributed by atoms with E-state index in [0.29, 0.717) is 27.8 Å². The first-order chi connectivity index (χ1) is 11.4. The Bertz CT molecular complexity index is 1080. The molecule has 3 aromatic rings. The number of hydrogen-bond donors (Lipinski definition) is 2. The fraction of sp³-hybridized carbons (Fsp3) is 0.176. The minimum Gasteiger partial charge on any atom is -0.326 e. The lowest BCUT2D eigenvalue weighted by Gasteiger charge is -2.08. The summed E-state index contributed by atoms with van der Waals surface area (Å²) in [6.07, 6.45) is 1.44. The van der Waals surface area contributed by atoms with Crippen molar-refractivity contribution in [1.82, 2.24) is 14.5 Å². The van der Waals surface area contributed by atoms with E-state index in [0.717, 1.165) is 0 Å². The predicted octanol–water partition coefficient (Wildman–Crippen LogP) is 1.49. The lowest BCUT2D eigenvalue weighted by Crippen LogP contribution is -2.25. The lowest BCUT2D eigenvalue weighted by molar-refractivity contribution is 0.102. The average molecular weight is 324 g/mol. The minimum atomic E-state index is -0.520. The van der Waals surface area contributed by atoms with Gasteiger partial charge in [0.2, 0.25) is 0 Å². The Balaban J connectivity index is 2.01. The molecule has 0 saturated heterocycles. The van der Waals surface area contributed by atoms with Gasteiger partial charge >= 0.3 is 0 Å². The topological polar surface area (TPSA) is 96.8 Å². The molecule has 0 aliphatic heterocycles. The number of nitrogens with one attached hydrogen (secondary N) is 2. The van der Waals surface area contributed by atoms with Gasteiger partial charge in [0.05, 0.1) is 17.2 Å². The quantitative estimate of drug-likeness (QED) is 0.746. The number of aromatic amines is 1. The van der Waals surface area contributed by atoms with Crippen LogP contribution in [0, 0.1) is 13.8 Å². The molecule has 0 spiro atoms. The van der Waals surface area contributed by atoms with Gasteiger partial charge in [-0.25, -0.2) is 4.98 Å². The number of H-pyrrole nitrogens is 1. The first-order valence-electron chi connectivity index (χ1n) is 7.34. The van der Waals surface area contributed by atoms with Gasteiger partial charge in [0, 0.05) is 18.4 Å². The van der Waals surface area contributed by atoms with Crippen molar-refractivity contribution in [3.05, 3.63) is 68.1 Å². The molecule has 3 rings (SSSR count). The van der Waals surface area contributed by atoms with E-state index in [9.17, 15) is 14.4 Å². The lowest BCUT2D eigenvalue weighted by atomic mass is 10.1. The number of carbonyl (C=O) groups excluding carboxylic acids is 1. The number of pyridine rings is 1. The molecule has 0 aliphatic carbocycles. The number of anilines is 1. The van der Waals surface area contributed by atoms with E-state index in [1.165, 1.54) is 10.9 Å². The third kappa shape index (κ3) is 2.71. The van der Waals surface area contributed by atoms with Crippen LogP contribution in [-0.2, 0) is 7.05 Å². The summed E-state index contributed by atoms with van der Waals surface area (Å²) in [6, 6.07) is 6.58. The molecule has 2 aromatic heterocycles. The van der Waals surface area contributed by atoms with Gasteiger partial charge in [0.1, 0.15) is 5.56 Å². The first kappa shape index (κ1) is 15.7. The maximum absolute atomic E-state index is 12.4.